The number of nitrogens with zero attached hydrogens (tertiary/aromatic N) is 4. The summed E-state index contributed by atoms with van der Waals surface area (Å²) in [6.45, 7) is 0. The van der Waals surface area contributed by atoms with Crippen molar-refractivity contribution in [3.05, 3.63) is 108 Å². The topological polar surface area (TPSA) is 160 Å². The molecule has 3 aromatic carbocycles. The van der Waals surface area contributed by atoms with Gasteiger partial charge in [-0.25, -0.2) is 4.79 Å². The molecule has 3 heterocycles. The van der Waals surface area contributed by atoms with E-state index in [9.17, 15) is 19.5 Å². The number of carboxylic acids is 1. The Kier molecular flexibility index (Phi) is 8.42. The van der Waals surface area contributed by atoms with Gasteiger partial charge in [-0.15, -0.1) is 0 Å². The van der Waals surface area contributed by atoms with E-state index < -0.39 is 37.1 Å². The van der Waals surface area contributed by atoms with Gasteiger partial charge < -0.3 is 21.0 Å². The van der Waals surface area contributed by atoms with E-state index >= 15 is 0 Å². The third-order valence-electron chi connectivity index (χ3n) is 8.10. The minimum Gasteiger partial charge on any atom is -0.477 e. The van der Waals surface area contributed by atoms with Crippen LogP contribution in [0.5, 0.6) is 0 Å². The molecule has 4 aromatic rings. The number of fused-ring (bicyclic) bond motifs is 1. The summed E-state index contributed by atoms with van der Waals surface area (Å²) in [5.41, 5.74) is 6.12. The third-order valence-corrected chi connectivity index (χ3v) is 13.0. The van der Waals surface area contributed by atoms with E-state index in [0.717, 1.165) is 27.4 Å². The van der Waals surface area contributed by atoms with Gasteiger partial charge >= 0.3 is 5.97 Å². The van der Waals surface area contributed by atoms with Crippen LogP contribution in [0.2, 0.25) is 0 Å². The van der Waals surface area contributed by atoms with Crippen LogP contribution in [0.25, 0.3) is 0 Å². The summed E-state index contributed by atoms with van der Waals surface area (Å²) in [6.07, 6.45) is 1.36. The van der Waals surface area contributed by atoms with Crippen LogP contribution in [0, 0.1) is 0 Å². The lowest BCUT2D eigenvalue weighted by Crippen LogP contribution is -2.72. The summed E-state index contributed by atoms with van der Waals surface area (Å²) in [5.74, 6) is -2.43. The minimum atomic E-state index is -2.41. The van der Waals surface area contributed by atoms with Crippen molar-refractivity contribution >= 4 is 63.3 Å². The predicted octanol–water partition coefficient (Wildman–Crippen LogP) is 2.29. The fourth-order valence-corrected chi connectivity index (χ4v) is 11.0. The van der Waals surface area contributed by atoms with Crippen LogP contribution in [-0.4, -0.2) is 68.2 Å². The number of hydrogen-bond donors (Lipinski definition) is 3. The second-order valence-corrected chi connectivity index (χ2v) is 14.8. The molecule has 2 aliphatic rings. The Morgan fingerprint density at radius 1 is 1.02 bits per heavy atom. The van der Waals surface area contributed by atoms with Crippen LogP contribution in [0.15, 0.2) is 107 Å². The van der Waals surface area contributed by atoms with Crippen LogP contribution in [0.4, 0.5) is 5.13 Å². The molecular weight excluding hydrogens is 611 g/mol. The zero-order valence-electron chi connectivity index (χ0n) is 24.2. The second-order valence-electron chi connectivity index (χ2n) is 10.6. The normalized spacial score (nSPS) is 18.2. The summed E-state index contributed by atoms with van der Waals surface area (Å²) < 4.78 is 4.02. The van der Waals surface area contributed by atoms with E-state index in [1.807, 2.05) is 54.6 Å². The number of carbonyl (C=O) groups excluding carboxylic acids is 2. The monoisotopic (exact) mass is 641 g/mol. The lowest BCUT2D eigenvalue weighted by atomic mass is 9.83. The van der Waals surface area contributed by atoms with Gasteiger partial charge in [-0.1, -0.05) is 59.8 Å². The molecule has 1 aromatic heterocycles. The van der Waals surface area contributed by atoms with E-state index in [1.165, 1.54) is 12.0 Å². The molecule has 0 aliphatic carbocycles. The van der Waals surface area contributed by atoms with Crippen molar-refractivity contribution in [1.82, 2.24) is 19.6 Å². The maximum atomic E-state index is 13.6. The molecule has 1 fully saturated rings. The number of carbonyl (C=O) groups is 3. The number of benzene rings is 3. The van der Waals surface area contributed by atoms with Crippen LogP contribution in [0.1, 0.15) is 18.7 Å². The molecule has 0 saturated carbocycles. The van der Waals surface area contributed by atoms with E-state index in [-0.39, 0.29) is 22.4 Å². The molecule has 0 spiro atoms. The molecule has 1 saturated heterocycles. The summed E-state index contributed by atoms with van der Waals surface area (Å²) >= 11 is 0.893. The highest BCUT2D eigenvalue weighted by Crippen LogP contribution is 2.58. The quantitative estimate of drug-likeness (QED) is 0.103. The number of aromatic nitrogens is 2. The molecule has 2 amide bonds. The minimum absolute atomic E-state index is 0.0198. The summed E-state index contributed by atoms with van der Waals surface area (Å²) in [6, 6.07) is 29.1. The average Bonchev–Trinajstić information content (AvgIpc) is 3.51. The van der Waals surface area contributed by atoms with Crippen molar-refractivity contribution < 1.29 is 24.3 Å². The highest BCUT2D eigenvalue weighted by molar-refractivity contribution is 7.95. The molecule has 2 unspecified atom stereocenters. The van der Waals surface area contributed by atoms with Gasteiger partial charge in [0.15, 0.2) is 5.13 Å². The molecule has 228 valence electrons. The second kappa shape index (κ2) is 12.6. The first-order valence-electron chi connectivity index (χ1n) is 14.2. The van der Waals surface area contributed by atoms with E-state index in [1.54, 1.807) is 0 Å². The standard InChI is InChI=1S/C32H29N6O5PS/c1-43-36-26(28-35-32(33)45-37-28)29(39)34-25-24-18-17-20(27(31(41)42)38(24)30(25)40)19-44(21-11-5-2-6-12-21,22-13-7-3-8-14-22)23-15-9-4-10-16-23/h2-16,24-25H,17-19H2,1H3,(H3-,33,34,35,37,39,41,42)/p+1/b36-26+. The Bertz CT molecular complexity index is 1700. The maximum absolute atomic E-state index is 13.6. The highest BCUT2D eigenvalue weighted by Gasteiger charge is 2.56. The van der Waals surface area contributed by atoms with Gasteiger partial charge in [0, 0.05) is 11.5 Å². The lowest BCUT2D eigenvalue weighted by molar-refractivity contribution is -0.155. The summed E-state index contributed by atoms with van der Waals surface area (Å²) in [7, 11) is -1.14. The molecule has 0 bridgehead atoms. The van der Waals surface area contributed by atoms with Gasteiger partial charge in [-0.3, -0.25) is 14.5 Å². The number of hydrogen-bond acceptors (Lipinski definition) is 9. The molecule has 2 aliphatic heterocycles. The van der Waals surface area contributed by atoms with Crippen LogP contribution in [0.3, 0.4) is 0 Å². The fourth-order valence-electron chi connectivity index (χ4n) is 6.16. The third kappa shape index (κ3) is 5.47. The molecule has 2 atom stereocenters. The van der Waals surface area contributed by atoms with Gasteiger partial charge in [0.25, 0.3) is 11.8 Å². The summed E-state index contributed by atoms with van der Waals surface area (Å²) in [4.78, 5) is 49.8. The van der Waals surface area contributed by atoms with E-state index in [4.69, 9.17) is 10.6 Å². The largest absolute Gasteiger partial charge is 0.477 e. The SMILES string of the molecule is CO/N=C(/C(=O)NC1C(=O)N2C(C(=O)O)=C(C[P+](c3ccccc3)(c3ccccc3)c3ccccc3)CCC12)c1nsc(N)n1. The van der Waals surface area contributed by atoms with Crippen LogP contribution >= 0.6 is 18.8 Å². The van der Waals surface area contributed by atoms with Gasteiger partial charge in [-0.2, -0.15) is 9.36 Å². The first-order chi connectivity index (χ1) is 21.8. The van der Waals surface area contributed by atoms with Crippen molar-refractivity contribution in [2.75, 3.05) is 19.0 Å². The van der Waals surface area contributed by atoms with Crippen molar-refractivity contribution in [3.63, 3.8) is 0 Å². The number of anilines is 1. The Morgan fingerprint density at radius 3 is 2.04 bits per heavy atom. The number of β-lactam (4-membered cyclic amide) rings is 1. The molecular formula is C32H30N6O5PS+. The Balaban J connectivity index is 1.37. The van der Waals surface area contributed by atoms with Crippen molar-refractivity contribution in [3.8, 4) is 0 Å². The zero-order valence-corrected chi connectivity index (χ0v) is 25.9. The molecule has 11 nitrogen and oxygen atoms in total. The first kappa shape index (κ1) is 30.1. The van der Waals surface area contributed by atoms with Crippen molar-refractivity contribution in [1.29, 1.82) is 0 Å². The van der Waals surface area contributed by atoms with Gasteiger partial charge in [0.05, 0.1) is 12.2 Å². The number of carboxylic acid groups (broad SMARTS) is 1. The smallest absolute Gasteiger partial charge is 0.352 e. The lowest BCUT2D eigenvalue weighted by Gasteiger charge is -2.50. The van der Waals surface area contributed by atoms with Gasteiger partial charge in [0.1, 0.15) is 42.0 Å². The number of nitrogen functional groups attached to an aromatic ring is 1. The number of nitrogens with two attached hydrogens (primary N) is 1. The number of allylic oxidation sites excluding steroid dienone is 1. The maximum Gasteiger partial charge on any atom is 0.352 e. The zero-order chi connectivity index (χ0) is 31.6. The van der Waals surface area contributed by atoms with Gasteiger partial charge in [-0.05, 0) is 54.8 Å². The number of rotatable bonds is 10. The summed E-state index contributed by atoms with van der Waals surface area (Å²) in [5, 5.41) is 20.5. The molecule has 4 N–H and O–H groups in total. The van der Waals surface area contributed by atoms with Gasteiger partial charge in [0.2, 0.25) is 11.5 Å². The molecule has 45 heavy (non-hydrogen) atoms. The molecule has 13 heteroatoms. The number of amides is 2. The number of oxime groups is 1. The number of aliphatic carboxylic acids is 1. The van der Waals surface area contributed by atoms with Crippen molar-refractivity contribution in [2.24, 2.45) is 5.16 Å². The number of nitrogens with one attached hydrogen (secondary N) is 1. The Hall–Kier alpha value is -4.93. The predicted molar refractivity (Wildman–Crippen MR) is 174 cm³/mol. The van der Waals surface area contributed by atoms with Crippen molar-refractivity contribution in [2.45, 2.75) is 24.9 Å². The fraction of sp³-hybridized carbons (Fsp3) is 0.188. The molecule has 0 radical (unpaired) electrons. The van der Waals surface area contributed by atoms with E-state index in [0.29, 0.717) is 24.6 Å². The average molecular weight is 642 g/mol. The van der Waals surface area contributed by atoms with Crippen LogP contribution in [-0.2, 0) is 19.2 Å². The highest BCUT2D eigenvalue weighted by atomic mass is 32.1. The van der Waals surface area contributed by atoms with Crippen LogP contribution < -0.4 is 27.0 Å². The molecule has 6 rings (SSSR count). The first-order valence-corrected chi connectivity index (χ1v) is 16.9. The van der Waals surface area contributed by atoms with E-state index in [2.05, 4.69) is 56.2 Å². The Morgan fingerprint density at radius 2 is 1.58 bits per heavy atom. The Labute approximate surface area is 263 Å².